The zero-order valence-corrected chi connectivity index (χ0v) is 16.9. The highest BCUT2D eigenvalue weighted by atomic mass is 19.1. The van der Waals surface area contributed by atoms with Crippen LogP contribution in [0.15, 0.2) is 48.5 Å². The molecular formula is C25H30FNO2. The molecule has 0 radical (unpaired) electrons. The van der Waals surface area contributed by atoms with Crippen molar-refractivity contribution in [1.29, 1.82) is 0 Å². The van der Waals surface area contributed by atoms with Crippen LogP contribution in [0.25, 0.3) is 0 Å². The van der Waals surface area contributed by atoms with Gasteiger partial charge >= 0.3 is 5.97 Å². The summed E-state index contributed by atoms with van der Waals surface area (Å²) in [6, 6.07) is 13.2. The summed E-state index contributed by atoms with van der Waals surface area (Å²) in [5.74, 6) is 5.12. The number of carbonyl (C=O) groups is 1. The number of rotatable bonds is 12. The Balaban J connectivity index is 1.40. The second-order valence-electron chi connectivity index (χ2n) is 7.20. The third-order valence-corrected chi connectivity index (χ3v) is 4.77. The van der Waals surface area contributed by atoms with Gasteiger partial charge in [0.25, 0.3) is 0 Å². The van der Waals surface area contributed by atoms with Gasteiger partial charge in [0.05, 0.1) is 5.56 Å². The number of aromatic carboxylic acids is 1. The molecular weight excluding hydrogens is 365 g/mol. The van der Waals surface area contributed by atoms with E-state index in [1.807, 2.05) is 12.1 Å². The first kappa shape index (κ1) is 22.5. The summed E-state index contributed by atoms with van der Waals surface area (Å²) in [6.45, 7) is 0.916. The molecule has 0 fully saturated rings. The van der Waals surface area contributed by atoms with Crippen molar-refractivity contribution in [2.24, 2.45) is 0 Å². The highest BCUT2D eigenvalue weighted by Crippen LogP contribution is 2.12. The summed E-state index contributed by atoms with van der Waals surface area (Å²) in [5.41, 5.74) is 2.16. The van der Waals surface area contributed by atoms with E-state index in [1.54, 1.807) is 24.3 Å². The van der Waals surface area contributed by atoms with Crippen LogP contribution in [0.4, 0.5) is 10.1 Å². The molecule has 0 aliphatic rings. The highest BCUT2D eigenvalue weighted by Gasteiger charge is 2.01. The zero-order valence-electron chi connectivity index (χ0n) is 16.9. The van der Waals surface area contributed by atoms with Gasteiger partial charge in [-0.25, -0.2) is 9.18 Å². The first-order valence-corrected chi connectivity index (χ1v) is 10.5. The average molecular weight is 396 g/mol. The number of carboxylic acids is 1. The largest absolute Gasteiger partial charge is 0.478 e. The molecule has 0 aromatic heterocycles. The minimum Gasteiger partial charge on any atom is -0.478 e. The molecule has 2 aromatic carbocycles. The maximum absolute atomic E-state index is 12.8. The standard InChI is InChI=1S/C25H30FNO2/c26-23-16-12-21(13-17-23)11-9-7-5-3-1-2-4-6-8-10-20-27-24-18-14-22(15-19-24)25(28)29/h12-19,27H,1-8,10,20H2,(H,28,29). The van der Waals surface area contributed by atoms with E-state index in [0.717, 1.165) is 37.1 Å². The summed E-state index contributed by atoms with van der Waals surface area (Å²) < 4.78 is 12.8. The van der Waals surface area contributed by atoms with E-state index >= 15 is 0 Å². The second kappa shape index (κ2) is 13.4. The second-order valence-corrected chi connectivity index (χ2v) is 7.20. The molecule has 0 spiro atoms. The average Bonchev–Trinajstić information content (AvgIpc) is 2.73. The van der Waals surface area contributed by atoms with E-state index in [4.69, 9.17) is 5.11 Å². The molecule has 0 amide bonds. The van der Waals surface area contributed by atoms with Gasteiger partial charge in [-0.3, -0.25) is 0 Å². The third-order valence-electron chi connectivity index (χ3n) is 4.77. The van der Waals surface area contributed by atoms with Crippen LogP contribution in [0.5, 0.6) is 0 Å². The van der Waals surface area contributed by atoms with Gasteiger partial charge in [0.2, 0.25) is 0 Å². The molecule has 2 rings (SSSR count). The molecule has 0 bridgehead atoms. The number of benzene rings is 2. The van der Waals surface area contributed by atoms with Crippen LogP contribution in [0.2, 0.25) is 0 Å². The molecule has 154 valence electrons. The van der Waals surface area contributed by atoms with Crippen molar-refractivity contribution in [2.75, 3.05) is 11.9 Å². The number of carboxylic acid groups (broad SMARTS) is 1. The maximum atomic E-state index is 12.8. The Morgan fingerprint density at radius 1 is 0.828 bits per heavy atom. The zero-order chi connectivity index (χ0) is 20.7. The fourth-order valence-corrected chi connectivity index (χ4v) is 3.06. The summed E-state index contributed by atoms with van der Waals surface area (Å²) in [4.78, 5) is 10.8. The molecule has 0 heterocycles. The van der Waals surface area contributed by atoms with Crippen molar-refractivity contribution in [3.05, 3.63) is 65.5 Å². The Morgan fingerprint density at radius 2 is 1.41 bits per heavy atom. The Labute approximate surface area is 173 Å². The molecule has 0 unspecified atom stereocenters. The predicted molar refractivity (Wildman–Crippen MR) is 117 cm³/mol. The molecule has 0 saturated heterocycles. The van der Waals surface area contributed by atoms with Crippen LogP contribution < -0.4 is 5.32 Å². The van der Waals surface area contributed by atoms with Crippen molar-refractivity contribution >= 4 is 11.7 Å². The van der Waals surface area contributed by atoms with Crippen molar-refractivity contribution in [1.82, 2.24) is 0 Å². The van der Waals surface area contributed by atoms with Gasteiger partial charge in [-0.05, 0) is 61.4 Å². The molecule has 0 atom stereocenters. The van der Waals surface area contributed by atoms with E-state index < -0.39 is 5.97 Å². The number of hydrogen-bond donors (Lipinski definition) is 2. The molecule has 0 aliphatic carbocycles. The van der Waals surface area contributed by atoms with Crippen molar-refractivity contribution < 1.29 is 14.3 Å². The van der Waals surface area contributed by atoms with Crippen LogP contribution >= 0.6 is 0 Å². The Morgan fingerprint density at radius 3 is 2.03 bits per heavy atom. The minimum atomic E-state index is -0.894. The van der Waals surface area contributed by atoms with Gasteiger partial charge < -0.3 is 10.4 Å². The van der Waals surface area contributed by atoms with E-state index in [-0.39, 0.29) is 5.82 Å². The van der Waals surface area contributed by atoms with Gasteiger partial charge in [-0.2, -0.15) is 0 Å². The number of halogens is 1. The first-order valence-electron chi connectivity index (χ1n) is 10.5. The van der Waals surface area contributed by atoms with Crippen molar-refractivity contribution in [3.63, 3.8) is 0 Å². The van der Waals surface area contributed by atoms with Gasteiger partial charge in [0.15, 0.2) is 0 Å². The summed E-state index contributed by atoms with van der Waals surface area (Å²) in [5, 5.41) is 12.2. The normalized spacial score (nSPS) is 10.2. The van der Waals surface area contributed by atoms with E-state index in [0.29, 0.717) is 5.56 Å². The summed E-state index contributed by atoms with van der Waals surface area (Å²) >= 11 is 0. The Kier molecular flexibility index (Phi) is 10.4. The molecule has 2 aromatic rings. The van der Waals surface area contributed by atoms with E-state index in [9.17, 15) is 9.18 Å². The molecule has 0 saturated carbocycles. The fourth-order valence-electron chi connectivity index (χ4n) is 3.06. The predicted octanol–water partition coefficient (Wildman–Crippen LogP) is 6.50. The van der Waals surface area contributed by atoms with Crippen LogP contribution in [0.3, 0.4) is 0 Å². The smallest absolute Gasteiger partial charge is 0.335 e. The Hall–Kier alpha value is -2.80. The van der Waals surface area contributed by atoms with Gasteiger partial charge in [-0.1, -0.05) is 50.4 Å². The SMILES string of the molecule is O=C(O)c1ccc(NCCCCCCCCCCC#Cc2ccc(F)cc2)cc1. The van der Waals surface area contributed by atoms with Crippen LogP contribution in [0.1, 0.15) is 73.7 Å². The van der Waals surface area contributed by atoms with Crippen LogP contribution in [-0.2, 0) is 0 Å². The number of anilines is 1. The lowest BCUT2D eigenvalue weighted by molar-refractivity contribution is 0.0697. The minimum absolute atomic E-state index is 0.223. The van der Waals surface area contributed by atoms with Crippen LogP contribution in [0, 0.1) is 17.7 Å². The number of nitrogens with one attached hydrogen (secondary N) is 1. The summed E-state index contributed by atoms with van der Waals surface area (Å²) in [6.07, 6.45) is 10.6. The number of unbranched alkanes of at least 4 members (excludes halogenated alkanes) is 8. The summed E-state index contributed by atoms with van der Waals surface area (Å²) in [7, 11) is 0. The number of hydrogen-bond acceptors (Lipinski definition) is 2. The van der Waals surface area contributed by atoms with E-state index in [2.05, 4.69) is 17.2 Å². The van der Waals surface area contributed by atoms with Crippen molar-refractivity contribution in [2.45, 2.75) is 57.8 Å². The quantitative estimate of drug-likeness (QED) is 0.319. The Bertz CT molecular complexity index is 788. The molecule has 3 nitrogen and oxygen atoms in total. The lowest BCUT2D eigenvalue weighted by Gasteiger charge is -2.06. The van der Waals surface area contributed by atoms with Crippen molar-refractivity contribution in [3.8, 4) is 11.8 Å². The monoisotopic (exact) mass is 395 g/mol. The van der Waals surface area contributed by atoms with E-state index in [1.165, 1.54) is 50.7 Å². The van der Waals surface area contributed by atoms with Gasteiger partial charge in [0, 0.05) is 24.2 Å². The maximum Gasteiger partial charge on any atom is 0.335 e. The lowest BCUT2D eigenvalue weighted by atomic mass is 10.1. The van der Waals surface area contributed by atoms with Gasteiger partial charge in [-0.15, -0.1) is 0 Å². The fraction of sp³-hybridized carbons (Fsp3) is 0.400. The molecule has 0 aliphatic heterocycles. The highest BCUT2D eigenvalue weighted by molar-refractivity contribution is 5.87. The van der Waals surface area contributed by atoms with Gasteiger partial charge in [0.1, 0.15) is 5.82 Å². The topological polar surface area (TPSA) is 49.3 Å². The first-order chi connectivity index (χ1) is 14.1. The molecule has 4 heteroatoms. The third kappa shape index (κ3) is 9.80. The molecule has 29 heavy (non-hydrogen) atoms. The lowest BCUT2D eigenvalue weighted by Crippen LogP contribution is -2.02. The molecule has 2 N–H and O–H groups in total. The van der Waals surface area contributed by atoms with Crippen LogP contribution in [-0.4, -0.2) is 17.6 Å².